The molecule has 118 valence electrons. The molecule has 22 heavy (non-hydrogen) atoms. The molecule has 5 nitrogen and oxygen atoms in total. The van der Waals surface area contributed by atoms with Gasteiger partial charge in [-0.25, -0.2) is 0 Å². The van der Waals surface area contributed by atoms with E-state index in [1.165, 1.54) is 0 Å². The van der Waals surface area contributed by atoms with Gasteiger partial charge in [-0.3, -0.25) is 9.48 Å². The van der Waals surface area contributed by atoms with Gasteiger partial charge in [0.05, 0.1) is 12.5 Å². The second-order valence-electron chi connectivity index (χ2n) is 4.90. The van der Waals surface area contributed by atoms with Gasteiger partial charge in [-0.2, -0.15) is 5.10 Å². The van der Waals surface area contributed by atoms with Crippen LogP contribution >= 0.6 is 23.2 Å². The van der Waals surface area contributed by atoms with E-state index in [2.05, 4.69) is 10.4 Å². The molecule has 0 aliphatic carbocycles. The SMILES string of the molecule is O=C(CC(O)c1cc(Cl)cc(Cl)c1)NCCCn1cccn1. The third kappa shape index (κ3) is 5.33. The highest BCUT2D eigenvalue weighted by molar-refractivity contribution is 6.34. The number of benzene rings is 1. The number of aliphatic hydroxyl groups excluding tert-OH is 1. The summed E-state index contributed by atoms with van der Waals surface area (Å²) in [6, 6.07) is 6.63. The molecule has 1 atom stereocenters. The van der Waals surface area contributed by atoms with Crippen molar-refractivity contribution in [1.29, 1.82) is 0 Å². The van der Waals surface area contributed by atoms with Gasteiger partial charge in [0.1, 0.15) is 0 Å². The average molecular weight is 342 g/mol. The zero-order valence-corrected chi connectivity index (χ0v) is 13.4. The van der Waals surface area contributed by atoms with Crippen LogP contribution in [0.1, 0.15) is 24.5 Å². The standard InChI is InChI=1S/C15H17Cl2N3O2/c16-12-7-11(8-13(17)9-12)14(21)10-15(22)18-3-1-5-20-6-2-4-19-20/h2,4,6-9,14,21H,1,3,5,10H2,(H,18,22). The molecule has 0 fully saturated rings. The second-order valence-corrected chi connectivity index (χ2v) is 5.77. The van der Waals surface area contributed by atoms with Crippen LogP contribution in [-0.2, 0) is 11.3 Å². The molecular weight excluding hydrogens is 325 g/mol. The minimum Gasteiger partial charge on any atom is -0.388 e. The van der Waals surface area contributed by atoms with Crippen molar-refractivity contribution in [2.75, 3.05) is 6.54 Å². The number of rotatable bonds is 7. The highest BCUT2D eigenvalue weighted by Gasteiger charge is 2.14. The maximum absolute atomic E-state index is 11.8. The van der Waals surface area contributed by atoms with Crippen LogP contribution in [0.5, 0.6) is 0 Å². The van der Waals surface area contributed by atoms with Crippen molar-refractivity contribution >= 4 is 29.1 Å². The van der Waals surface area contributed by atoms with E-state index >= 15 is 0 Å². The van der Waals surface area contributed by atoms with Gasteiger partial charge in [0, 0.05) is 35.5 Å². The quantitative estimate of drug-likeness (QED) is 0.761. The molecule has 1 amide bonds. The summed E-state index contributed by atoms with van der Waals surface area (Å²) in [6.07, 6.45) is 3.40. The Balaban J connectivity index is 1.74. The summed E-state index contributed by atoms with van der Waals surface area (Å²) in [6.45, 7) is 1.27. The molecule has 2 rings (SSSR count). The zero-order valence-electron chi connectivity index (χ0n) is 11.9. The number of nitrogens with one attached hydrogen (secondary N) is 1. The molecule has 0 aliphatic heterocycles. The van der Waals surface area contributed by atoms with Gasteiger partial charge >= 0.3 is 0 Å². The number of amides is 1. The first kappa shape index (κ1) is 16.8. The van der Waals surface area contributed by atoms with Crippen molar-refractivity contribution < 1.29 is 9.90 Å². The van der Waals surface area contributed by atoms with Crippen LogP contribution in [0.15, 0.2) is 36.7 Å². The van der Waals surface area contributed by atoms with Gasteiger partial charge in [0.25, 0.3) is 0 Å². The number of hydrogen-bond donors (Lipinski definition) is 2. The predicted molar refractivity (Wildman–Crippen MR) is 85.9 cm³/mol. The van der Waals surface area contributed by atoms with Gasteiger partial charge in [-0.05, 0) is 36.2 Å². The first-order valence-electron chi connectivity index (χ1n) is 6.93. The van der Waals surface area contributed by atoms with E-state index < -0.39 is 6.10 Å². The molecule has 1 aromatic carbocycles. The van der Waals surface area contributed by atoms with E-state index in [0.717, 1.165) is 13.0 Å². The molecule has 1 unspecified atom stereocenters. The van der Waals surface area contributed by atoms with Gasteiger partial charge in [0.2, 0.25) is 5.91 Å². The van der Waals surface area contributed by atoms with Crippen molar-refractivity contribution in [1.82, 2.24) is 15.1 Å². The molecule has 0 radical (unpaired) electrons. The first-order chi connectivity index (χ1) is 10.5. The van der Waals surface area contributed by atoms with Crippen LogP contribution in [0.3, 0.4) is 0 Å². The lowest BCUT2D eigenvalue weighted by Gasteiger charge is -2.12. The lowest BCUT2D eigenvalue weighted by molar-refractivity contribution is -0.123. The van der Waals surface area contributed by atoms with E-state index in [9.17, 15) is 9.90 Å². The van der Waals surface area contributed by atoms with Crippen LogP contribution in [0.25, 0.3) is 0 Å². The number of hydrogen-bond acceptors (Lipinski definition) is 3. The normalized spacial score (nSPS) is 12.1. The lowest BCUT2D eigenvalue weighted by atomic mass is 10.1. The molecule has 1 heterocycles. The summed E-state index contributed by atoms with van der Waals surface area (Å²) in [5.41, 5.74) is 0.532. The van der Waals surface area contributed by atoms with E-state index in [-0.39, 0.29) is 12.3 Å². The minimum absolute atomic E-state index is 0.0293. The predicted octanol–water partition coefficient (Wildman–Crippen LogP) is 2.82. The van der Waals surface area contributed by atoms with Crippen molar-refractivity contribution in [2.45, 2.75) is 25.5 Å². The third-order valence-electron chi connectivity index (χ3n) is 3.09. The molecular formula is C15H17Cl2N3O2. The molecule has 7 heteroatoms. The van der Waals surface area contributed by atoms with Crippen molar-refractivity contribution in [3.63, 3.8) is 0 Å². The number of carbonyl (C=O) groups is 1. The number of aryl methyl sites for hydroxylation is 1. The summed E-state index contributed by atoms with van der Waals surface area (Å²) < 4.78 is 1.80. The van der Waals surface area contributed by atoms with Crippen molar-refractivity contribution in [3.8, 4) is 0 Å². The summed E-state index contributed by atoms with van der Waals surface area (Å²) in [4.78, 5) is 11.8. The van der Waals surface area contributed by atoms with E-state index in [0.29, 0.717) is 22.2 Å². The summed E-state index contributed by atoms with van der Waals surface area (Å²) in [7, 11) is 0. The number of carbonyl (C=O) groups excluding carboxylic acids is 1. The highest BCUT2D eigenvalue weighted by atomic mass is 35.5. The zero-order chi connectivity index (χ0) is 15.9. The Bertz CT molecular complexity index is 597. The fourth-order valence-electron chi connectivity index (χ4n) is 2.03. The molecule has 2 aromatic rings. The number of nitrogens with zero attached hydrogens (tertiary/aromatic N) is 2. The van der Waals surface area contributed by atoms with E-state index in [1.54, 1.807) is 29.1 Å². The van der Waals surface area contributed by atoms with Gasteiger partial charge in [0.15, 0.2) is 0 Å². The fourth-order valence-corrected chi connectivity index (χ4v) is 2.58. The first-order valence-corrected chi connectivity index (χ1v) is 7.68. The summed E-state index contributed by atoms with van der Waals surface area (Å²) >= 11 is 11.8. The Labute approximate surface area is 138 Å². The van der Waals surface area contributed by atoms with Gasteiger partial charge in [-0.15, -0.1) is 0 Å². The highest BCUT2D eigenvalue weighted by Crippen LogP contribution is 2.25. The van der Waals surface area contributed by atoms with Crippen LogP contribution < -0.4 is 5.32 Å². The lowest BCUT2D eigenvalue weighted by Crippen LogP contribution is -2.26. The Hall–Kier alpha value is -1.56. The molecule has 0 saturated heterocycles. The summed E-state index contributed by atoms with van der Waals surface area (Å²) in [5.74, 6) is -0.218. The fraction of sp³-hybridized carbons (Fsp3) is 0.333. The smallest absolute Gasteiger partial charge is 0.222 e. The average Bonchev–Trinajstić information content (AvgIpc) is 2.95. The summed E-state index contributed by atoms with van der Waals surface area (Å²) in [5, 5.41) is 17.8. The van der Waals surface area contributed by atoms with Crippen LogP contribution in [0.4, 0.5) is 0 Å². The largest absolute Gasteiger partial charge is 0.388 e. The Morgan fingerprint density at radius 3 is 2.68 bits per heavy atom. The monoisotopic (exact) mass is 341 g/mol. The Morgan fingerprint density at radius 2 is 2.05 bits per heavy atom. The van der Waals surface area contributed by atoms with Crippen LogP contribution in [0.2, 0.25) is 10.0 Å². The number of halogens is 2. The topological polar surface area (TPSA) is 67.2 Å². The van der Waals surface area contributed by atoms with Gasteiger partial charge in [-0.1, -0.05) is 23.2 Å². The van der Waals surface area contributed by atoms with Crippen molar-refractivity contribution in [3.05, 3.63) is 52.3 Å². The Kier molecular flexibility index (Phi) is 6.24. The molecule has 0 saturated carbocycles. The Morgan fingerprint density at radius 1 is 1.32 bits per heavy atom. The van der Waals surface area contributed by atoms with Gasteiger partial charge < -0.3 is 10.4 Å². The molecule has 0 aliphatic rings. The maximum atomic E-state index is 11.8. The third-order valence-corrected chi connectivity index (χ3v) is 3.53. The molecule has 0 spiro atoms. The van der Waals surface area contributed by atoms with Crippen molar-refractivity contribution in [2.24, 2.45) is 0 Å². The molecule has 2 N–H and O–H groups in total. The number of aliphatic hydroxyl groups is 1. The van der Waals surface area contributed by atoms with E-state index in [4.69, 9.17) is 23.2 Å². The number of aromatic nitrogens is 2. The van der Waals surface area contributed by atoms with E-state index in [1.807, 2.05) is 12.3 Å². The van der Waals surface area contributed by atoms with Crippen LogP contribution in [-0.4, -0.2) is 27.3 Å². The minimum atomic E-state index is -0.928. The maximum Gasteiger partial charge on any atom is 0.222 e. The van der Waals surface area contributed by atoms with Crippen LogP contribution in [0, 0.1) is 0 Å². The molecule has 1 aromatic heterocycles. The molecule has 0 bridgehead atoms. The second kappa shape index (κ2) is 8.17.